The molecule has 2 N–H and O–H groups in total. The number of carbonyl (C=O) groups excluding carboxylic acids is 1. The number of likely N-dealkylation sites (tertiary alicyclic amines) is 1. The van der Waals surface area contributed by atoms with Crippen molar-refractivity contribution in [2.24, 2.45) is 5.92 Å². The maximum atomic E-state index is 12.2. The Labute approximate surface area is 137 Å². The lowest BCUT2D eigenvalue weighted by Gasteiger charge is -2.31. The molecule has 2 rings (SSSR count). The molecule has 0 bridgehead atoms. The summed E-state index contributed by atoms with van der Waals surface area (Å²) in [5.41, 5.74) is 1.20. The number of aromatic nitrogens is 2. The van der Waals surface area contributed by atoms with E-state index in [0.29, 0.717) is 29.7 Å². The summed E-state index contributed by atoms with van der Waals surface area (Å²) in [6, 6.07) is 0. The third kappa shape index (κ3) is 4.87. The van der Waals surface area contributed by atoms with Crippen LogP contribution in [0.25, 0.3) is 0 Å². The molecule has 7 heteroatoms. The molecule has 0 aliphatic carbocycles. The van der Waals surface area contributed by atoms with Gasteiger partial charge in [0.1, 0.15) is 0 Å². The molecule has 2 heterocycles. The second kappa shape index (κ2) is 8.21. The van der Waals surface area contributed by atoms with Crippen molar-refractivity contribution in [3.63, 3.8) is 0 Å². The van der Waals surface area contributed by atoms with E-state index in [0.717, 1.165) is 32.5 Å². The van der Waals surface area contributed by atoms with Gasteiger partial charge in [-0.1, -0.05) is 0 Å². The molecule has 0 spiro atoms. The van der Waals surface area contributed by atoms with Gasteiger partial charge >= 0.3 is 0 Å². The predicted molar refractivity (Wildman–Crippen MR) is 89.7 cm³/mol. The Morgan fingerprint density at radius 1 is 1.52 bits per heavy atom. The van der Waals surface area contributed by atoms with Gasteiger partial charge in [0, 0.05) is 46.5 Å². The van der Waals surface area contributed by atoms with Gasteiger partial charge in [0.2, 0.25) is 5.95 Å². The molecule has 0 radical (unpaired) electrons. The molecule has 1 aliphatic rings. The van der Waals surface area contributed by atoms with Gasteiger partial charge in [-0.05, 0) is 32.2 Å². The Morgan fingerprint density at radius 2 is 2.30 bits per heavy atom. The van der Waals surface area contributed by atoms with E-state index in [9.17, 15) is 9.90 Å². The molecule has 1 aliphatic heterocycles. The lowest BCUT2D eigenvalue weighted by Crippen LogP contribution is -2.41. The summed E-state index contributed by atoms with van der Waals surface area (Å²) in [5, 5.41) is 12.2. The SMILES string of the molecule is Cc1nc(N(C)C)ncc1C(=O)NCCN1CCC[C@H](CO)C1. The zero-order valence-electron chi connectivity index (χ0n) is 14.2. The van der Waals surface area contributed by atoms with Crippen LogP contribution >= 0.6 is 0 Å². The Balaban J connectivity index is 1.83. The van der Waals surface area contributed by atoms with E-state index in [1.54, 1.807) is 6.20 Å². The number of piperidine rings is 1. The van der Waals surface area contributed by atoms with Crippen LogP contribution in [-0.4, -0.2) is 72.8 Å². The van der Waals surface area contributed by atoms with Crippen molar-refractivity contribution in [1.82, 2.24) is 20.2 Å². The van der Waals surface area contributed by atoms with Crippen LogP contribution in [-0.2, 0) is 0 Å². The summed E-state index contributed by atoms with van der Waals surface area (Å²) in [7, 11) is 3.74. The van der Waals surface area contributed by atoms with Crippen molar-refractivity contribution < 1.29 is 9.90 Å². The van der Waals surface area contributed by atoms with E-state index in [1.165, 1.54) is 0 Å². The van der Waals surface area contributed by atoms with Gasteiger partial charge < -0.3 is 20.2 Å². The van der Waals surface area contributed by atoms with Crippen LogP contribution in [0, 0.1) is 12.8 Å². The fraction of sp³-hybridized carbons (Fsp3) is 0.688. The highest BCUT2D eigenvalue weighted by Crippen LogP contribution is 2.15. The molecule has 1 amide bonds. The zero-order valence-corrected chi connectivity index (χ0v) is 14.2. The number of carbonyl (C=O) groups is 1. The average molecular weight is 321 g/mol. The highest BCUT2D eigenvalue weighted by Gasteiger charge is 2.19. The molecule has 1 atom stereocenters. The summed E-state index contributed by atoms with van der Waals surface area (Å²) in [6.45, 7) is 5.40. The van der Waals surface area contributed by atoms with Crippen LogP contribution < -0.4 is 10.2 Å². The first-order valence-electron chi connectivity index (χ1n) is 8.13. The van der Waals surface area contributed by atoms with Crippen LogP contribution in [0.4, 0.5) is 5.95 Å². The molecule has 1 aromatic heterocycles. The minimum atomic E-state index is -0.136. The number of nitrogens with one attached hydrogen (secondary N) is 1. The molecule has 0 aromatic carbocycles. The topological polar surface area (TPSA) is 81.6 Å². The molecule has 1 saturated heterocycles. The predicted octanol–water partition coefficient (Wildman–Crippen LogP) is 0.285. The van der Waals surface area contributed by atoms with Crippen molar-refractivity contribution in [2.45, 2.75) is 19.8 Å². The number of hydrogen-bond donors (Lipinski definition) is 2. The standard InChI is InChI=1S/C16H27N5O2/c1-12-14(9-18-16(19-12)20(2)3)15(23)17-6-8-21-7-4-5-13(10-21)11-22/h9,13,22H,4-8,10-11H2,1-3H3,(H,17,23)/t13-/m0/s1. The maximum absolute atomic E-state index is 12.2. The van der Waals surface area contributed by atoms with E-state index >= 15 is 0 Å². The van der Waals surface area contributed by atoms with Gasteiger partial charge in [-0.25, -0.2) is 9.97 Å². The van der Waals surface area contributed by atoms with E-state index in [1.807, 2.05) is 25.9 Å². The minimum absolute atomic E-state index is 0.136. The Hall–Kier alpha value is -1.73. The van der Waals surface area contributed by atoms with Gasteiger partial charge in [-0.15, -0.1) is 0 Å². The summed E-state index contributed by atoms with van der Waals surface area (Å²) < 4.78 is 0. The van der Waals surface area contributed by atoms with E-state index in [-0.39, 0.29) is 12.5 Å². The first kappa shape index (κ1) is 17.6. The highest BCUT2D eigenvalue weighted by atomic mass is 16.3. The molecule has 1 fully saturated rings. The molecule has 0 saturated carbocycles. The average Bonchev–Trinajstić information content (AvgIpc) is 2.54. The largest absolute Gasteiger partial charge is 0.396 e. The molecule has 1 aromatic rings. The summed E-state index contributed by atoms with van der Waals surface area (Å²) >= 11 is 0. The van der Waals surface area contributed by atoms with Gasteiger partial charge in [-0.2, -0.15) is 0 Å². The third-order valence-electron chi connectivity index (χ3n) is 4.19. The molecular formula is C16H27N5O2. The van der Waals surface area contributed by atoms with Crippen molar-refractivity contribution in [2.75, 3.05) is 51.8 Å². The second-order valence-electron chi connectivity index (χ2n) is 6.31. The first-order chi connectivity index (χ1) is 11.0. The Kier molecular flexibility index (Phi) is 6.29. The number of nitrogens with zero attached hydrogens (tertiary/aromatic N) is 4. The number of aliphatic hydroxyl groups is 1. The van der Waals surface area contributed by atoms with Crippen LogP contribution in [0.1, 0.15) is 28.9 Å². The summed E-state index contributed by atoms with van der Waals surface area (Å²) in [5.74, 6) is 0.833. The maximum Gasteiger partial charge on any atom is 0.254 e. The molecule has 0 unspecified atom stereocenters. The van der Waals surface area contributed by atoms with Gasteiger partial charge in [0.25, 0.3) is 5.91 Å². The third-order valence-corrected chi connectivity index (χ3v) is 4.19. The molecule has 23 heavy (non-hydrogen) atoms. The van der Waals surface area contributed by atoms with Crippen molar-refractivity contribution >= 4 is 11.9 Å². The van der Waals surface area contributed by atoms with E-state index < -0.39 is 0 Å². The van der Waals surface area contributed by atoms with Crippen molar-refractivity contribution in [3.05, 3.63) is 17.5 Å². The molecular weight excluding hydrogens is 294 g/mol. The summed E-state index contributed by atoms with van der Waals surface area (Å²) in [6.07, 6.45) is 3.78. The van der Waals surface area contributed by atoms with E-state index in [2.05, 4.69) is 20.2 Å². The number of amides is 1. The lowest BCUT2D eigenvalue weighted by molar-refractivity contribution is 0.0929. The second-order valence-corrected chi connectivity index (χ2v) is 6.31. The van der Waals surface area contributed by atoms with Crippen LogP contribution in [0.15, 0.2) is 6.20 Å². The van der Waals surface area contributed by atoms with E-state index in [4.69, 9.17) is 0 Å². The highest BCUT2D eigenvalue weighted by molar-refractivity contribution is 5.94. The summed E-state index contributed by atoms with van der Waals surface area (Å²) in [4.78, 5) is 24.9. The smallest absolute Gasteiger partial charge is 0.254 e. The minimum Gasteiger partial charge on any atom is -0.396 e. The number of anilines is 1. The van der Waals surface area contributed by atoms with Crippen LogP contribution in [0.2, 0.25) is 0 Å². The quantitative estimate of drug-likeness (QED) is 0.783. The normalized spacial score (nSPS) is 18.7. The number of aryl methyl sites for hydroxylation is 1. The Bertz CT molecular complexity index is 535. The van der Waals surface area contributed by atoms with Crippen molar-refractivity contribution in [1.29, 1.82) is 0 Å². The van der Waals surface area contributed by atoms with Crippen LogP contribution in [0.5, 0.6) is 0 Å². The monoisotopic (exact) mass is 321 g/mol. The first-order valence-corrected chi connectivity index (χ1v) is 8.13. The number of rotatable bonds is 6. The zero-order chi connectivity index (χ0) is 16.8. The van der Waals surface area contributed by atoms with Gasteiger partial charge in [-0.3, -0.25) is 4.79 Å². The molecule has 128 valence electrons. The van der Waals surface area contributed by atoms with Crippen molar-refractivity contribution in [3.8, 4) is 0 Å². The Morgan fingerprint density at radius 3 is 2.96 bits per heavy atom. The fourth-order valence-corrected chi connectivity index (χ4v) is 2.82. The lowest BCUT2D eigenvalue weighted by atomic mass is 9.99. The van der Waals surface area contributed by atoms with Gasteiger partial charge in [0.15, 0.2) is 0 Å². The molecule has 7 nitrogen and oxygen atoms in total. The number of hydrogen-bond acceptors (Lipinski definition) is 6. The van der Waals surface area contributed by atoms with Gasteiger partial charge in [0.05, 0.1) is 11.3 Å². The fourth-order valence-electron chi connectivity index (χ4n) is 2.82. The number of aliphatic hydroxyl groups excluding tert-OH is 1. The van der Waals surface area contributed by atoms with Crippen LogP contribution in [0.3, 0.4) is 0 Å².